The Labute approximate surface area is 108 Å². The fourth-order valence-corrected chi connectivity index (χ4v) is 1.71. The second kappa shape index (κ2) is 15.4. The quantitative estimate of drug-likeness (QED) is 0.374. The van der Waals surface area contributed by atoms with E-state index in [4.69, 9.17) is 5.11 Å². The van der Waals surface area contributed by atoms with Crippen LogP contribution in [0.5, 0.6) is 0 Å². The molecule has 0 rings (SSSR count). The van der Waals surface area contributed by atoms with Crippen LogP contribution in [0, 0.1) is 0 Å². The molecule has 1 N–H and O–H groups in total. The standard InChI is InChI=1S/C16H30O/c1-2-3-4-5-6-7-8-9-10-11-12-13-14-15-16-17/h4-5,10-11,17H,2-3,6-9,12-16H2,1H3/b5-4-,11-10-. The fourth-order valence-electron chi connectivity index (χ4n) is 1.71. The first-order chi connectivity index (χ1) is 8.41. The van der Waals surface area contributed by atoms with E-state index in [1.807, 2.05) is 0 Å². The summed E-state index contributed by atoms with van der Waals surface area (Å²) in [6, 6.07) is 0. The van der Waals surface area contributed by atoms with Gasteiger partial charge in [-0.3, -0.25) is 0 Å². The van der Waals surface area contributed by atoms with Crippen LogP contribution in [-0.4, -0.2) is 11.7 Å². The third-order valence-electron chi connectivity index (χ3n) is 2.81. The van der Waals surface area contributed by atoms with E-state index in [0.717, 1.165) is 12.8 Å². The van der Waals surface area contributed by atoms with Crippen molar-refractivity contribution >= 4 is 0 Å². The van der Waals surface area contributed by atoms with Crippen LogP contribution < -0.4 is 0 Å². The minimum Gasteiger partial charge on any atom is -0.396 e. The lowest BCUT2D eigenvalue weighted by molar-refractivity contribution is 0.283. The van der Waals surface area contributed by atoms with Crippen molar-refractivity contribution in [1.82, 2.24) is 0 Å². The van der Waals surface area contributed by atoms with E-state index in [1.54, 1.807) is 0 Å². The molecule has 0 aromatic rings. The van der Waals surface area contributed by atoms with Gasteiger partial charge in [0.15, 0.2) is 0 Å². The van der Waals surface area contributed by atoms with Gasteiger partial charge in [-0.2, -0.15) is 0 Å². The van der Waals surface area contributed by atoms with Crippen molar-refractivity contribution in [3.8, 4) is 0 Å². The van der Waals surface area contributed by atoms with E-state index >= 15 is 0 Å². The normalized spacial score (nSPS) is 11.9. The van der Waals surface area contributed by atoms with E-state index in [0.29, 0.717) is 6.61 Å². The summed E-state index contributed by atoms with van der Waals surface area (Å²) >= 11 is 0. The van der Waals surface area contributed by atoms with Crippen molar-refractivity contribution in [2.45, 2.75) is 71.1 Å². The summed E-state index contributed by atoms with van der Waals surface area (Å²) in [6.45, 7) is 2.56. The molecule has 1 nitrogen and oxygen atoms in total. The molecule has 0 atom stereocenters. The highest BCUT2D eigenvalue weighted by Crippen LogP contribution is 2.05. The first-order valence-corrected chi connectivity index (χ1v) is 7.32. The van der Waals surface area contributed by atoms with Crippen LogP contribution in [0.4, 0.5) is 0 Å². The molecule has 0 heterocycles. The van der Waals surface area contributed by atoms with Gasteiger partial charge in [-0.15, -0.1) is 0 Å². The molecule has 0 bridgehead atoms. The van der Waals surface area contributed by atoms with Gasteiger partial charge in [0, 0.05) is 6.61 Å². The van der Waals surface area contributed by atoms with Crippen LogP contribution in [0.25, 0.3) is 0 Å². The van der Waals surface area contributed by atoms with Crippen molar-refractivity contribution < 1.29 is 5.11 Å². The maximum Gasteiger partial charge on any atom is 0.0431 e. The molecule has 0 aliphatic heterocycles. The van der Waals surface area contributed by atoms with Crippen LogP contribution in [0.1, 0.15) is 71.1 Å². The van der Waals surface area contributed by atoms with Crippen molar-refractivity contribution in [3.05, 3.63) is 24.3 Å². The zero-order valence-electron chi connectivity index (χ0n) is 11.5. The summed E-state index contributed by atoms with van der Waals surface area (Å²) in [6.07, 6.45) is 21.3. The predicted octanol–water partition coefficient (Wildman–Crippen LogP) is 5.01. The molecule has 17 heavy (non-hydrogen) atoms. The SMILES string of the molecule is CCC/C=C\CCCC/C=C\CCCCCO. The summed E-state index contributed by atoms with van der Waals surface area (Å²) in [5.41, 5.74) is 0. The van der Waals surface area contributed by atoms with Gasteiger partial charge >= 0.3 is 0 Å². The van der Waals surface area contributed by atoms with Gasteiger partial charge in [-0.05, 0) is 51.4 Å². The van der Waals surface area contributed by atoms with Crippen molar-refractivity contribution in [3.63, 3.8) is 0 Å². The molecular weight excluding hydrogens is 208 g/mol. The zero-order chi connectivity index (χ0) is 12.6. The molecule has 0 spiro atoms. The summed E-state index contributed by atoms with van der Waals surface area (Å²) in [5, 5.41) is 8.62. The topological polar surface area (TPSA) is 20.2 Å². The van der Waals surface area contributed by atoms with E-state index in [1.165, 1.54) is 51.4 Å². The number of aliphatic hydroxyl groups excluding tert-OH is 1. The molecule has 0 aliphatic carbocycles. The molecule has 100 valence electrons. The molecule has 1 heteroatoms. The van der Waals surface area contributed by atoms with Crippen LogP contribution in [0.3, 0.4) is 0 Å². The Kier molecular flexibility index (Phi) is 14.9. The maximum absolute atomic E-state index is 8.62. The van der Waals surface area contributed by atoms with Crippen molar-refractivity contribution in [2.75, 3.05) is 6.61 Å². The van der Waals surface area contributed by atoms with Crippen LogP contribution in [0.15, 0.2) is 24.3 Å². The van der Waals surface area contributed by atoms with Crippen molar-refractivity contribution in [1.29, 1.82) is 0 Å². The van der Waals surface area contributed by atoms with E-state index in [2.05, 4.69) is 31.2 Å². The molecule has 0 aromatic carbocycles. The Morgan fingerprint density at radius 1 is 0.647 bits per heavy atom. The van der Waals surface area contributed by atoms with Crippen LogP contribution in [0.2, 0.25) is 0 Å². The predicted molar refractivity (Wildman–Crippen MR) is 77.2 cm³/mol. The van der Waals surface area contributed by atoms with Gasteiger partial charge in [-0.1, -0.05) is 44.1 Å². The molecule has 0 unspecified atom stereocenters. The molecule has 0 aliphatic rings. The van der Waals surface area contributed by atoms with Crippen LogP contribution in [-0.2, 0) is 0 Å². The fraction of sp³-hybridized carbons (Fsp3) is 0.750. The average Bonchev–Trinajstić information content (AvgIpc) is 2.35. The lowest BCUT2D eigenvalue weighted by atomic mass is 10.1. The molecule has 0 radical (unpaired) electrons. The monoisotopic (exact) mass is 238 g/mol. The first-order valence-electron chi connectivity index (χ1n) is 7.32. The van der Waals surface area contributed by atoms with Crippen LogP contribution >= 0.6 is 0 Å². The summed E-state index contributed by atoms with van der Waals surface area (Å²) in [5.74, 6) is 0. The average molecular weight is 238 g/mol. The lowest BCUT2D eigenvalue weighted by Gasteiger charge is -1.95. The minimum atomic E-state index is 0.343. The summed E-state index contributed by atoms with van der Waals surface area (Å²) in [4.78, 5) is 0. The van der Waals surface area contributed by atoms with E-state index < -0.39 is 0 Å². The number of unbranched alkanes of at least 4 members (excludes halogenated alkanes) is 7. The van der Waals surface area contributed by atoms with Gasteiger partial charge in [0.05, 0.1) is 0 Å². The maximum atomic E-state index is 8.62. The minimum absolute atomic E-state index is 0.343. The number of hydrogen-bond acceptors (Lipinski definition) is 1. The Hall–Kier alpha value is -0.560. The third-order valence-corrected chi connectivity index (χ3v) is 2.81. The Balaban J connectivity index is 3.08. The zero-order valence-corrected chi connectivity index (χ0v) is 11.5. The molecule has 0 saturated carbocycles. The van der Waals surface area contributed by atoms with Gasteiger partial charge in [0.2, 0.25) is 0 Å². The number of hydrogen-bond donors (Lipinski definition) is 1. The highest BCUT2D eigenvalue weighted by Gasteiger charge is 1.86. The Morgan fingerprint density at radius 3 is 1.59 bits per heavy atom. The molecule has 0 aromatic heterocycles. The number of aliphatic hydroxyl groups is 1. The van der Waals surface area contributed by atoms with E-state index in [9.17, 15) is 0 Å². The largest absolute Gasteiger partial charge is 0.396 e. The second-order valence-electron chi connectivity index (χ2n) is 4.59. The smallest absolute Gasteiger partial charge is 0.0431 e. The van der Waals surface area contributed by atoms with Gasteiger partial charge in [0.25, 0.3) is 0 Å². The number of rotatable bonds is 12. The molecule has 0 amide bonds. The molecular formula is C16H30O. The molecule has 0 fully saturated rings. The third kappa shape index (κ3) is 15.4. The number of allylic oxidation sites excluding steroid dienone is 4. The summed E-state index contributed by atoms with van der Waals surface area (Å²) < 4.78 is 0. The van der Waals surface area contributed by atoms with Gasteiger partial charge in [0.1, 0.15) is 0 Å². The lowest BCUT2D eigenvalue weighted by Crippen LogP contribution is -1.81. The summed E-state index contributed by atoms with van der Waals surface area (Å²) in [7, 11) is 0. The van der Waals surface area contributed by atoms with Crippen molar-refractivity contribution in [2.24, 2.45) is 0 Å². The Morgan fingerprint density at radius 2 is 1.12 bits per heavy atom. The highest BCUT2D eigenvalue weighted by molar-refractivity contribution is 4.83. The highest BCUT2D eigenvalue weighted by atomic mass is 16.2. The van der Waals surface area contributed by atoms with Gasteiger partial charge in [-0.25, -0.2) is 0 Å². The van der Waals surface area contributed by atoms with Gasteiger partial charge < -0.3 is 5.11 Å². The Bertz CT molecular complexity index is 182. The van der Waals surface area contributed by atoms with E-state index in [-0.39, 0.29) is 0 Å². The second-order valence-corrected chi connectivity index (χ2v) is 4.59. The molecule has 0 saturated heterocycles. The first kappa shape index (κ1) is 16.4.